The predicted molar refractivity (Wildman–Crippen MR) is 373 cm³/mol. The van der Waals surface area contributed by atoms with Gasteiger partial charge in [0, 0.05) is 75.7 Å². The van der Waals surface area contributed by atoms with Gasteiger partial charge in [0.2, 0.25) is 6.79 Å². The van der Waals surface area contributed by atoms with Crippen LogP contribution >= 0.6 is 0 Å². The fraction of sp³-hybridized carbons (Fsp3) is 0.175. The molecule has 12 nitrogen and oxygen atoms in total. The van der Waals surface area contributed by atoms with Gasteiger partial charge in [0.1, 0.15) is 16.8 Å². The molecule has 8 aliphatic heterocycles. The van der Waals surface area contributed by atoms with Crippen LogP contribution in [-0.4, -0.2) is 62.6 Å². The van der Waals surface area contributed by atoms with Crippen LogP contribution in [0.3, 0.4) is 0 Å². The molecule has 10 aromatic carbocycles. The highest BCUT2D eigenvalue weighted by Crippen LogP contribution is 2.31. The molecule has 0 spiro atoms. The number of nitrogens with zero attached hydrogens (tertiary/aromatic N) is 6. The van der Waals surface area contributed by atoms with E-state index in [4.69, 9.17) is 27.8 Å². The van der Waals surface area contributed by atoms with Gasteiger partial charge in [-0.2, -0.15) is 0 Å². The van der Waals surface area contributed by atoms with Crippen molar-refractivity contribution in [3.8, 4) is 17.2 Å². The van der Waals surface area contributed by atoms with Gasteiger partial charge in [0.05, 0.1) is 44.0 Å². The standard InChI is InChI=1S/2C9H11N.3C8H7N.2C8H8O.C8H6O.C7H5NO.C7H6O2/c1-10-6-8-4-2-3-5-9(8)7-10;1-10-7-6-8-4-2-3-5-9(8)10;1-2-4-8-6-9-5-7(8)3-1;2*1-2-4-8-7(3-1)5-6-9-8;1-2-4-8-6-9-5-7(8)3-1;2*1-2-4-8-7(3-1)5-6-9-8;2*1-2-4-7-6(3-1)8-5-9-7/h2*2-5H,6-7H2,1H3;1-5H,6H2;2*1-4,6H,5H2;2*1-4H,5-6H2;1-6H;1-5H;1-4H,5H2. The fourth-order valence-corrected chi connectivity index (χ4v) is 10.9. The highest BCUT2D eigenvalue weighted by molar-refractivity contribution is 5.84. The molecule has 462 valence electrons. The average molecular weight is 1220 g/mol. The van der Waals surface area contributed by atoms with E-state index < -0.39 is 0 Å². The molecule has 0 N–H and O–H groups in total. The fourth-order valence-electron chi connectivity index (χ4n) is 10.9. The second kappa shape index (κ2) is 33.2. The monoisotopic (exact) mass is 1220 g/mol. The summed E-state index contributed by atoms with van der Waals surface area (Å²) in [6, 6.07) is 83.7. The van der Waals surface area contributed by atoms with Gasteiger partial charge in [-0.05, 0) is 130 Å². The number of likely N-dealkylation sites (N-methyl/N-ethyl adjacent to an activating group) is 1. The lowest BCUT2D eigenvalue weighted by Crippen LogP contribution is -2.12. The Hall–Kier alpha value is -10.7. The van der Waals surface area contributed by atoms with Crippen LogP contribution in [0.4, 0.5) is 17.1 Å². The Morgan fingerprint density at radius 2 is 0.935 bits per heavy atom. The number of fused-ring (bicyclic) bond motifs is 10. The summed E-state index contributed by atoms with van der Waals surface area (Å²) in [6.45, 7) is 7.12. The minimum Gasteiger partial charge on any atom is -0.493 e. The zero-order valence-electron chi connectivity index (χ0n) is 52.2. The first kappa shape index (κ1) is 62.9. The van der Waals surface area contributed by atoms with Crippen molar-refractivity contribution in [3.63, 3.8) is 0 Å². The number of ether oxygens (including phenoxy) is 4. The second-order valence-electron chi connectivity index (χ2n) is 22.3. The van der Waals surface area contributed by atoms with Gasteiger partial charge in [-0.3, -0.25) is 19.9 Å². The van der Waals surface area contributed by atoms with Crippen LogP contribution in [0.2, 0.25) is 0 Å². The molecule has 0 unspecified atom stereocenters. The van der Waals surface area contributed by atoms with Crippen molar-refractivity contribution in [2.24, 2.45) is 15.0 Å². The Labute approximate surface area is 539 Å². The van der Waals surface area contributed by atoms with Gasteiger partial charge in [0.15, 0.2) is 23.5 Å². The van der Waals surface area contributed by atoms with Gasteiger partial charge in [-0.15, -0.1) is 0 Å². The van der Waals surface area contributed by atoms with Crippen molar-refractivity contribution >= 4 is 57.8 Å². The molecule has 2 aromatic heterocycles. The third-order valence-electron chi connectivity index (χ3n) is 15.8. The molecule has 12 heteroatoms. The van der Waals surface area contributed by atoms with E-state index in [1.807, 2.05) is 176 Å². The second-order valence-corrected chi connectivity index (χ2v) is 22.3. The van der Waals surface area contributed by atoms with Crippen molar-refractivity contribution in [2.75, 3.05) is 38.9 Å². The van der Waals surface area contributed by atoms with E-state index in [2.05, 4.69) is 135 Å². The normalized spacial score (nSPS) is 13.9. The van der Waals surface area contributed by atoms with Gasteiger partial charge in [0.25, 0.3) is 0 Å². The third kappa shape index (κ3) is 18.0. The highest BCUT2D eigenvalue weighted by Gasteiger charge is 2.15. The minimum atomic E-state index is 0.360. The number of anilines is 1. The number of para-hydroxylation sites is 9. The Morgan fingerprint density at radius 1 is 0.413 bits per heavy atom. The summed E-state index contributed by atoms with van der Waals surface area (Å²) in [5.41, 5.74) is 20.2. The molecule has 10 heterocycles. The van der Waals surface area contributed by atoms with Crippen LogP contribution in [0.15, 0.2) is 285 Å². The Balaban J connectivity index is 0.000000105. The Bertz CT molecular complexity index is 3870. The van der Waals surface area contributed by atoms with Crippen molar-refractivity contribution in [2.45, 2.75) is 58.5 Å². The molecular formula is C80H76N6O6. The maximum Gasteiger partial charge on any atom is 0.231 e. The molecule has 0 aliphatic carbocycles. The van der Waals surface area contributed by atoms with Crippen LogP contribution in [0.25, 0.3) is 22.1 Å². The van der Waals surface area contributed by atoms with Crippen molar-refractivity contribution in [1.82, 2.24) is 9.88 Å². The van der Waals surface area contributed by atoms with E-state index in [0.29, 0.717) is 6.79 Å². The molecule has 0 fully saturated rings. The summed E-state index contributed by atoms with van der Waals surface area (Å²) in [5, 5.41) is 1.16. The van der Waals surface area contributed by atoms with Crippen LogP contribution in [-0.2, 0) is 63.3 Å². The molecule has 8 aliphatic rings. The summed E-state index contributed by atoms with van der Waals surface area (Å²) in [4.78, 5) is 21.1. The number of aliphatic imine (C=N–C) groups is 3. The maximum absolute atomic E-state index is 5.30. The SMILES string of the molecule is C1=NCc2ccccc21.C1=Nc2ccccc2C1.C1=Nc2ccccc2C1.CN1CCc2ccccc21.CN1Cc2ccccc2C1.c1ccc2c(c1)CCO2.c1ccc2c(c1)COC2.c1ccc2c(c1)OCO2.c1ccc2occc2c1.c1ccc2ocnc2c1. The number of oxazole rings is 1. The van der Waals surface area contributed by atoms with Crippen LogP contribution in [0.1, 0.15) is 55.6 Å². The molecule has 0 radical (unpaired) electrons. The number of rotatable bonds is 0. The molecule has 0 atom stereocenters. The summed E-state index contributed by atoms with van der Waals surface area (Å²) in [7, 11) is 4.30. The number of hydrogen-bond donors (Lipinski definition) is 0. The molecule has 12 aromatic rings. The lowest BCUT2D eigenvalue weighted by atomic mass is 10.1. The topological polar surface area (TPSA) is 120 Å². The largest absolute Gasteiger partial charge is 0.493 e. The quantitative estimate of drug-likeness (QED) is 0.146. The molecule has 92 heavy (non-hydrogen) atoms. The van der Waals surface area contributed by atoms with E-state index in [-0.39, 0.29) is 0 Å². The number of hydrogen-bond acceptors (Lipinski definition) is 12. The first-order valence-electron chi connectivity index (χ1n) is 31.2. The van der Waals surface area contributed by atoms with Gasteiger partial charge in [-0.25, -0.2) is 4.98 Å². The number of benzene rings is 10. The molecule has 0 saturated carbocycles. The summed E-state index contributed by atoms with van der Waals surface area (Å²) in [6.07, 6.45) is 13.3. The summed E-state index contributed by atoms with van der Waals surface area (Å²) in [5.74, 6) is 2.76. The molecule has 0 saturated heterocycles. The van der Waals surface area contributed by atoms with E-state index in [9.17, 15) is 0 Å². The van der Waals surface area contributed by atoms with Crippen molar-refractivity contribution in [1.29, 1.82) is 0 Å². The zero-order chi connectivity index (χ0) is 62.8. The number of furan rings is 1. The van der Waals surface area contributed by atoms with E-state index >= 15 is 0 Å². The maximum atomic E-state index is 5.30. The summed E-state index contributed by atoms with van der Waals surface area (Å²) >= 11 is 0. The van der Waals surface area contributed by atoms with Gasteiger partial charge in [-0.1, -0.05) is 188 Å². The van der Waals surface area contributed by atoms with Crippen LogP contribution < -0.4 is 19.1 Å². The van der Waals surface area contributed by atoms with Crippen molar-refractivity contribution < 1.29 is 27.8 Å². The average Bonchev–Trinajstić information content (AvgIpc) is 4.63. The smallest absolute Gasteiger partial charge is 0.231 e. The molecule has 0 bridgehead atoms. The first-order valence-corrected chi connectivity index (χ1v) is 31.2. The molecule has 0 amide bonds. The van der Waals surface area contributed by atoms with E-state index in [1.165, 1.54) is 80.7 Å². The van der Waals surface area contributed by atoms with E-state index in [1.54, 1.807) is 6.26 Å². The van der Waals surface area contributed by atoms with Crippen LogP contribution in [0, 0.1) is 0 Å². The van der Waals surface area contributed by atoms with E-state index in [0.717, 1.165) is 109 Å². The Morgan fingerprint density at radius 3 is 1.54 bits per heavy atom. The molecular weight excluding hydrogens is 1140 g/mol. The van der Waals surface area contributed by atoms with Crippen LogP contribution in [0.5, 0.6) is 17.2 Å². The Kier molecular flexibility index (Phi) is 22.7. The number of aromatic nitrogens is 1. The van der Waals surface area contributed by atoms with Gasteiger partial charge < -0.3 is 32.7 Å². The van der Waals surface area contributed by atoms with Gasteiger partial charge >= 0.3 is 0 Å². The zero-order valence-corrected chi connectivity index (χ0v) is 52.2. The molecule has 20 rings (SSSR count). The lowest BCUT2D eigenvalue weighted by Gasteiger charge is -2.10. The first-order chi connectivity index (χ1) is 45.5. The summed E-state index contributed by atoms with van der Waals surface area (Å²) < 4.78 is 30.8. The third-order valence-corrected chi connectivity index (χ3v) is 15.8. The predicted octanol–water partition coefficient (Wildman–Crippen LogP) is 17.8. The minimum absolute atomic E-state index is 0.360. The lowest BCUT2D eigenvalue weighted by molar-refractivity contribution is 0.134. The van der Waals surface area contributed by atoms with Crippen molar-refractivity contribution in [3.05, 3.63) is 317 Å². The highest BCUT2D eigenvalue weighted by atomic mass is 16.7.